The van der Waals surface area contributed by atoms with E-state index < -0.39 is 0 Å². The van der Waals surface area contributed by atoms with Crippen LogP contribution >= 0.6 is 11.3 Å². The maximum absolute atomic E-state index is 12.6. The molecule has 0 aliphatic carbocycles. The molecule has 0 unspecified atom stereocenters. The van der Waals surface area contributed by atoms with Crippen LogP contribution in [0.2, 0.25) is 0 Å². The molecule has 6 nitrogen and oxygen atoms in total. The second-order valence-electron chi connectivity index (χ2n) is 5.88. The Balaban J connectivity index is 1.69. The van der Waals surface area contributed by atoms with E-state index in [-0.39, 0.29) is 5.91 Å². The van der Waals surface area contributed by atoms with Gasteiger partial charge in [0.2, 0.25) is 5.91 Å². The Labute approximate surface area is 151 Å². The summed E-state index contributed by atoms with van der Waals surface area (Å²) in [7, 11) is 4.89. The number of methoxy groups -OCH3 is 3. The normalized spacial score (nSPS) is 13.5. The van der Waals surface area contributed by atoms with Crippen LogP contribution in [0.4, 0.5) is 0 Å². The Morgan fingerprint density at radius 2 is 1.92 bits per heavy atom. The number of carbonyl (C=O) groups excluding carboxylic acids is 1. The van der Waals surface area contributed by atoms with Crippen LogP contribution in [0.3, 0.4) is 0 Å². The molecule has 1 aliphatic rings. The smallest absolute Gasteiger partial charge is 0.228 e. The first-order valence-electron chi connectivity index (χ1n) is 8.08. The van der Waals surface area contributed by atoms with Crippen LogP contribution in [-0.4, -0.2) is 43.7 Å². The van der Waals surface area contributed by atoms with Crippen molar-refractivity contribution in [3.63, 3.8) is 0 Å². The Morgan fingerprint density at radius 3 is 2.60 bits per heavy atom. The van der Waals surface area contributed by atoms with E-state index in [1.54, 1.807) is 21.3 Å². The van der Waals surface area contributed by atoms with Gasteiger partial charge in [0.15, 0.2) is 11.5 Å². The summed E-state index contributed by atoms with van der Waals surface area (Å²) in [5.41, 5.74) is 3.12. The topological polar surface area (TPSA) is 60.9 Å². The van der Waals surface area contributed by atoms with Gasteiger partial charge in [0, 0.05) is 25.6 Å². The summed E-state index contributed by atoms with van der Waals surface area (Å²) < 4.78 is 15.8. The molecular weight excluding hydrogens is 340 g/mol. The van der Waals surface area contributed by atoms with Crippen molar-refractivity contribution in [1.82, 2.24) is 9.88 Å². The monoisotopic (exact) mass is 362 g/mol. The molecule has 0 radical (unpaired) electrons. The van der Waals surface area contributed by atoms with E-state index in [2.05, 4.69) is 4.98 Å². The van der Waals surface area contributed by atoms with Crippen LogP contribution in [0.15, 0.2) is 17.5 Å². The number of carbonyl (C=O) groups is 1. The molecule has 0 atom stereocenters. The maximum atomic E-state index is 12.6. The summed E-state index contributed by atoms with van der Waals surface area (Å²) in [5, 5.41) is 2.82. The number of benzene rings is 1. The number of rotatable bonds is 6. The standard InChI is InChI=1S/C18H22N2O4S/c1-22-10-17-19-14(11-25-17)8-18(21)20-5-4-12-6-15(23-2)16(24-3)7-13(12)9-20/h6-7,11H,4-5,8-10H2,1-3H3. The van der Waals surface area contributed by atoms with Crippen LogP contribution < -0.4 is 9.47 Å². The van der Waals surface area contributed by atoms with Gasteiger partial charge in [0.1, 0.15) is 5.01 Å². The van der Waals surface area contributed by atoms with Gasteiger partial charge in [0.25, 0.3) is 0 Å². The highest BCUT2D eigenvalue weighted by molar-refractivity contribution is 7.09. The van der Waals surface area contributed by atoms with Crippen LogP contribution in [0.25, 0.3) is 0 Å². The third-order valence-corrected chi connectivity index (χ3v) is 5.14. The molecule has 134 valence electrons. The van der Waals surface area contributed by atoms with Crippen molar-refractivity contribution in [3.05, 3.63) is 39.3 Å². The Morgan fingerprint density at radius 1 is 1.20 bits per heavy atom. The summed E-state index contributed by atoms with van der Waals surface area (Å²) in [6, 6.07) is 3.97. The molecule has 1 aromatic carbocycles. The molecule has 0 bridgehead atoms. The lowest BCUT2D eigenvalue weighted by molar-refractivity contribution is -0.131. The van der Waals surface area contributed by atoms with E-state index in [1.165, 1.54) is 16.9 Å². The fourth-order valence-corrected chi connectivity index (χ4v) is 3.75. The van der Waals surface area contributed by atoms with Crippen molar-refractivity contribution in [1.29, 1.82) is 0 Å². The Hall–Kier alpha value is -2.12. The number of nitrogens with zero attached hydrogens (tertiary/aromatic N) is 2. The van der Waals surface area contributed by atoms with E-state index in [1.807, 2.05) is 22.4 Å². The van der Waals surface area contributed by atoms with E-state index in [0.717, 1.165) is 28.4 Å². The average molecular weight is 362 g/mol. The first-order valence-corrected chi connectivity index (χ1v) is 8.96. The van der Waals surface area contributed by atoms with Gasteiger partial charge in [-0.1, -0.05) is 0 Å². The number of aromatic nitrogens is 1. The maximum Gasteiger partial charge on any atom is 0.228 e. The number of amides is 1. The minimum atomic E-state index is 0.0923. The summed E-state index contributed by atoms with van der Waals surface area (Å²) in [5.74, 6) is 1.52. The van der Waals surface area contributed by atoms with Gasteiger partial charge < -0.3 is 19.1 Å². The number of hydrogen-bond donors (Lipinski definition) is 0. The molecule has 2 heterocycles. The van der Waals surface area contributed by atoms with Crippen molar-refractivity contribution in [2.75, 3.05) is 27.9 Å². The molecule has 3 rings (SSSR count). The van der Waals surface area contributed by atoms with Gasteiger partial charge in [0.05, 0.1) is 32.9 Å². The van der Waals surface area contributed by atoms with Crippen LogP contribution in [0.1, 0.15) is 21.8 Å². The summed E-state index contributed by atoms with van der Waals surface area (Å²) in [6.07, 6.45) is 1.14. The van der Waals surface area contributed by atoms with Gasteiger partial charge in [-0.25, -0.2) is 4.98 Å². The molecule has 1 amide bonds. The molecule has 0 fully saturated rings. The minimum Gasteiger partial charge on any atom is -0.493 e. The van der Waals surface area contributed by atoms with Crippen molar-refractivity contribution < 1.29 is 19.0 Å². The number of fused-ring (bicyclic) bond motifs is 1. The van der Waals surface area contributed by atoms with E-state index in [9.17, 15) is 4.79 Å². The molecule has 0 spiro atoms. The zero-order chi connectivity index (χ0) is 17.8. The molecular formula is C18H22N2O4S. The van der Waals surface area contributed by atoms with Crippen molar-refractivity contribution in [3.8, 4) is 11.5 Å². The highest BCUT2D eigenvalue weighted by Gasteiger charge is 2.23. The fraction of sp³-hybridized carbons (Fsp3) is 0.444. The molecule has 1 aromatic heterocycles. The van der Waals surface area contributed by atoms with Crippen LogP contribution in [-0.2, 0) is 35.5 Å². The summed E-state index contributed by atoms with van der Waals surface area (Å²) >= 11 is 1.52. The molecule has 1 aliphatic heterocycles. The molecule has 7 heteroatoms. The molecule has 25 heavy (non-hydrogen) atoms. The molecule has 0 N–H and O–H groups in total. The molecule has 0 saturated carbocycles. The van der Waals surface area contributed by atoms with Crippen LogP contribution in [0.5, 0.6) is 11.5 Å². The first-order chi connectivity index (χ1) is 12.1. The largest absolute Gasteiger partial charge is 0.493 e. The molecule has 0 saturated heterocycles. The van der Waals surface area contributed by atoms with Crippen molar-refractivity contribution in [2.45, 2.75) is 26.0 Å². The minimum absolute atomic E-state index is 0.0923. The third-order valence-electron chi connectivity index (χ3n) is 4.27. The zero-order valence-electron chi connectivity index (χ0n) is 14.7. The molecule has 2 aromatic rings. The quantitative estimate of drug-likeness (QED) is 0.790. The van der Waals surface area contributed by atoms with Gasteiger partial charge in [-0.05, 0) is 29.7 Å². The van der Waals surface area contributed by atoms with Gasteiger partial charge in [-0.15, -0.1) is 11.3 Å². The van der Waals surface area contributed by atoms with Crippen LogP contribution in [0, 0.1) is 0 Å². The lowest BCUT2D eigenvalue weighted by Crippen LogP contribution is -2.37. The third kappa shape index (κ3) is 3.93. The van der Waals surface area contributed by atoms with Gasteiger partial charge >= 0.3 is 0 Å². The zero-order valence-corrected chi connectivity index (χ0v) is 15.5. The van der Waals surface area contributed by atoms with E-state index >= 15 is 0 Å². The Kier molecular flexibility index (Phi) is 5.55. The number of hydrogen-bond acceptors (Lipinski definition) is 6. The van der Waals surface area contributed by atoms with Gasteiger partial charge in [-0.2, -0.15) is 0 Å². The van der Waals surface area contributed by atoms with Crippen molar-refractivity contribution >= 4 is 17.2 Å². The highest BCUT2D eigenvalue weighted by Crippen LogP contribution is 2.33. The predicted octanol–water partition coefficient (Wildman–Crippen LogP) is 2.43. The number of ether oxygens (including phenoxy) is 3. The fourth-order valence-electron chi connectivity index (χ4n) is 2.98. The number of thiazole rings is 1. The van der Waals surface area contributed by atoms with Gasteiger partial charge in [-0.3, -0.25) is 4.79 Å². The summed E-state index contributed by atoms with van der Waals surface area (Å²) in [6.45, 7) is 1.78. The van der Waals surface area contributed by atoms with E-state index in [4.69, 9.17) is 14.2 Å². The lowest BCUT2D eigenvalue weighted by Gasteiger charge is -2.29. The second kappa shape index (κ2) is 7.84. The summed E-state index contributed by atoms with van der Waals surface area (Å²) in [4.78, 5) is 18.9. The highest BCUT2D eigenvalue weighted by atomic mass is 32.1. The second-order valence-corrected chi connectivity index (χ2v) is 6.83. The van der Waals surface area contributed by atoms with E-state index in [0.29, 0.717) is 31.9 Å². The van der Waals surface area contributed by atoms with Crippen molar-refractivity contribution in [2.24, 2.45) is 0 Å². The average Bonchev–Trinajstić information content (AvgIpc) is 3.07. The first kappa shape index (κ1) is 17.7. The predicted molar refractivity (Wildman–Crippen MR) is 95.2 cm³/mol. The lowest BCUT2D eigenvalue weighted by atomic mass is 9.98. The SMILES string of the molecule is COCc1nc(CC(=O)N2CCc3cc(OC)c(OC)cc3C2)cs1. The Bertz CT molecular complexity index is 760.